The molecule has 5 nitrogen and oxygen atoms in total. The fraction of sp³-hybridized carbons (Fsp3) is 0.500. The molecule has 1 aliphatic rings. The largest absolute Gasteiger partial charge is 0.349 e. The van der Waals surface area contributed by atoms with E-state index in [1.54, 1.807) is 4.52 Å². The molecular weight excluding hydrogens is 214 g/mol. The molecule has 90 valence electrons. The lowest BCUT2D eigenvalue weighted by Gasteiger charge is -2.13. The lowest BCUT2D eigenvalue weighted by Crippen LogP contribution is -2.31. The van der Waals surface area contributed by atoms with Crippen molar-refractivity contribution in [3.05, 3.63) is 23.9 Å². The van der Waals surface area contributed by atoms with Gasteiger partial charge in [0, 0.05) is 18.8 Å². The molecule has 0 saturated heterocycles. The number of anilines is 1. The Morgan fingerprint density at radius 2 is 2.35 bits per heavy atom. The standard InChI is InChI=1S/C12H17N5/c1-8-2-5-11-15-12(16-17(11)7-8)14-10(6-13)9-3-4-9/h2,5,7,9-10H,3-4,6,13H2,1H3,(H,14,16). The molecule has 3 N–H and O–H groups in total. The first kappa shape index (κ1) is 10.5. The highest BCUT2D eigenvalue weighted by molar-refractivity contribution is 5.44. The van der Waals surface area contributed by atoms with Crippen LogP contribution in [0.1, 0.15) is 18.4 Å². The Hall–Kier alpha value is -1.62. The van der Waals surface area contributed by atoms with E-state index in [0.29, 0.717) is 24.5 Å². The molecule has 1 saturated carbocycles. The van der Waals surface area contributed by atoms with Crippen molar-refractivity contribution in [2.24, 2.45) is 11.7 Å². The average Bonchev–Trinajstić information content (AvgIpc) is 3.07. The SMILES string of the molecule is Cc1ccc2nc(NC(CN)C3CC3)nn2c1. The molecule has 0 amide bonds. The lowest BCUT2D eigenvalue weighted by atomic mass is 10.2. The second-order valence-corrected chi connectivity index (χ2v) is 4.77. The van der Waals surface area contributed by atoms with Crippen molar-refractivity contribution in [3.63, 3.8) is 0 Å². The number of hydrogen-bond donors (Lipinski definition) is 2. The summed E-state index contributed by atoms with van der Waals surface area (Å²) >= 11 is 0. The van der Waals surface area contributed by atoms with Crippen LogP contribution in [-0.4, -0.2) is 27.2 Å². The van der Waals surface area contributed by atoms with Crippen LogP contribution in [0.4, 0.5) is 5.95 Å². The minimum Gasteiger partial charge on any atom is -0.349 e. The van der Waals surface area contributed by atoms with E-state index < -0.39 is 0 Å². The topological polar surface area (TPSA) is 68.2 Å². The van der Waals surface area contributed by atoms with Crippen LogP contribution in [-0.2, 0) is 0 Å². The number of nitrogens with one attached hydrogen (secondary N) is 1. The summed E-state index contributed by atoms with van der Waals surface area (Å²) in [6.45, 7) is 2.68. The van der Waals surface area contributed by atoms with Gasteiger partial charge in [-0.15, -0.1) is 5.10 Å². The molecule has 0 aliphatic heterocycles. The number of aryl methyl sites for hydroxylation is 1. The number of nitrogens with zero attached hydrogens (tertiary/aromatic N) is 3. The van der Waals surface area contributed by atoms with Crippen molar-refractivity contribution in [2.45, 2.75) is 25.8 Å². The average molecular weight is 231 g/mol. The van der Waals surface area contributed by atoms with Crippen LogP contribution in [0.3, 0.4) is 0 Å². The summed E-state index contributed by atoms with van der Waals surface area (Å²) in [7, 11) is 0. The van der Waals surface area contributed by atoms with Gasteiger partial charge in [-0.2, -0.15) is 4.98 Å². The summed E-state index contributed by atoms with van der Waals surface area (Å²) in [5.41, 5.74) is 7.79. The zero-order valence-corrected chi connectivity index (χ0v) is 9.93. The van der Waals surface area contributed by atoms with Crippen LogP contribution in [0.5, 0.6) is 0 Å². The highest BCUT2D eigenvalue weighted by Gasteiger charge is 2.30. The Morgan fingerprint density at radius 1 is 1.53 bits per heavy atom. The van der Waals surface area contributed by atoms with Gasteiger partial charge in [0.1, 0.15) is 0 Å². The van der Waals surface area contributed by atoms with Gasteiger partial charge >= 0.3 is 0 Å². The molecule has 1 aliphatic carbocycles. The fourth-order valence-corrected chi connectivity index (χ4v) is 2.08. The minimum atomic E-state index is 0.313. The van der Waals surface area contributed by atoms with E-state index in [2.05, 4.69) is 15.4 Å². The number of hydrogen-bond acceptors (Lipinski definition) is 4. The van der Waals surface area contributed by atoms with Crippen LogP contribution in [0.2, 0.25) is 0 Å². The maximum Gasteiger partial charge on any atom is 0.243 e. The Morgan fingerprint density at radius 3 is 3.06 bits per heavy atom. The van der Waals surface area contributed by atoms with Crippen LogP contribution in [0.15, 0.2) is 18.3 Å². The maximum atomic E-state index is 5.76. The first-order valence-electron chi connectivity index (χ1n) is 6.06. The van der Waals surface area contributed by atoms with Crippen LogP contribution >= 0.6 is 0 Å². The molecule has 0 aromatic carbocycles. The fourth-order valence-electron chi connectivity index (χ4n) is 2.08. The van der Waals surface area contributed by atoms with Crippen molar-refractivity contribution in [1.82, 2.24) is 14.6 Å². The lowest BCUT2D eigenvalue weighted by molar-refractivity contribution is 0.639. The van der Waals surface area contributed by atoms with E-state index in [-0.39, 0.29) is 0 Å². The third kappa shape index (κ3) is 2.10. The van der Waals surface area contributed by atoms with Gasteiger partial charge in [0.15, 0.2) is 5.65 Å². The number of nitrogens with two attached hydrogens (primary N) is 1. The summed E-state index contributed by atoms with van der Waals surface area (Å²) in [5.74, 6) is 1.38. The van der Waals surface area contributed by atoms with Gasteiger partial charge in [-0.05, 0) is 37.3 Å². The quantitative estimate of drug-likeness (QED) is 0.829. The predicted octanol–water partition coefficient (Wildman–Crippen LogP) is 1.19. The highest BCUT2D eigenvalue weighted by atomic mass is 15.3. The Bertz CT molecular complexity index is 529. The van der Waals surface area contributed by atoms with E-state index in [1.807, 2.05) is 25.3 Å². The van der Waals surface area contributed by atoms with Gasteiger partial charge in [-0.25, -0.2) is 4.52 Å². The van der Waals surface area contributed by atoms with Crippen molar-refractivity contribution < 1.29 is 0 Å². The Labute approximate surface area is 100 Å². The first-order valence-corrected chi connectivity index (χ1v) is 6.06. The van der Waals surface area contributed by atoms with E-state index in [0.717, 1.165) is 5.65 Å². The molecule has 0 spiro atoms. The van der Waals surface area contributed by atoms with Crippen LogP contribution in [0, 0.1) is 12.8 Å². The Balaban J connectivity index is 1.84. The predicted molar refractivity (Wildman–Crippen MR) is 66.9 cm³/mol. The number of rotatable bonds is 4. The number of aromatic nitrogens is 3. The first-order chi connectivity index (χ1) is 8.26. The number of pyridine rings is 1. The molecule has 5 heteroatoms. The minimum absolute atomic E-state index is 0.313. The second-order valence-electron chi connectivity index (χ2n) is 4.77. The third-order valence-corrected chi connectivity index (χ3v) is 3.24. The summed E-state index contributed by atoms with van der Waals surface area (Å²) < 4.78 is 1.80. The summed E-state index contributed by atoms with van der Waals surface area (Å²) in [6, 6.07) is 4.32. The van der Waals surface area contributed by atoms with Gasteiger partial charge < -0.3 is 11.1 Å². The smallest absolute Gasteiger partial charge is 0.243 e. The molecule has 1 fully saturated rings. The molecule has 17 heavy (non-hydrogen) atoms. The van der Waals surface area contributed by atoms with Crippen molar-refractivity contribution >= 4 is 11.6 Å². The molecule has 2 aromatic heterocycles. The van der Waals surface area contributed by atoms with E-state index in [1.165, 1.54) is 18.4 Å². The molecular formula is C12H17N5. The van der Waals surface area contributed by atoms with Crippen molar-refractivity contribution in [1.29, 1.82) is 0 Å². The molecule has 2 heterocycles. The van der Waals surface area contributed by atoms with E-state index in [9.17, 15) is 0 Å². The van der Waals surface area contributed by atoms with Crippen LogP contribution in [0.25, 0.3) is 5.65 Å². The Kier molecular flexibility index (Phi) is 2.48. The van der Waals surface area contributed by atoms with Crippen LogP contribution < -0.4 is 11.1 Å². The summed E-state index contributed by atoms with van der Waals surface area (Å²) in [4.78, 5) is 4.44. The summed E-state index contributed by atoms with van der Waals surface area (Å²) in [5, 5.41) is 7.74. The molecule has 1 unspecified atom stereocenters. The van der Waals surface area contributed by atoms with Crippen molar-refractivity contribution in [3.8, 4) is 0 Å². The molecule has 0 radical (unpaired) electrons. The van der Waals surface area contributed by atoms with Gasteiger partial charge in [-0.3, -0.25) is 0 Å². The van der Waals surface area contributed by atoms with E-state index >= 15 is 0 Å². The van der Waals surface area contributed by atoms with Gasteiger partial charge in [0.05, 0.1) is 0 Å². The molecule has 0 bridgehead atoms. The molecule has 2 aromatic rings. The molecule has 3 rings (SSSR count). The number of fused-ring (bicyclic) bond motifs is 1. The molecule has 1 atom stereocenters. The van der Waals surface area contributed by atoms with Crippen molar-refractivity contribution in [2.75, 3.05) is 11.9 Å². The van der Waals surface area contributed by atoms with E-state index in [4.69, 9.17) is 5.73 Å². The summed E-state index contributed by atoms with van der Waals surface area (Å²) in [6.07, 6.45) is 4.50. The monoisotopic (exact) mass is 231 g/mol. The third-order valence-electron chi connectivity index (χ3n) is 3.24. The van der Waals surface area contributed by atoms with Gasteiger partial charge in [0.2, 0.25) is 5.95 Å². The second kappa shape index (κ2) is 4.00. The normalized spacial score (nSPS) is 17.3. The van der Waals surface area contributed by atoms with Gasteiger partial charge in [-0.1, -0.05) is 6.07 Å². The van der Waals surface area contributed by atoms with Gasteiger partial charge in [0.25, 0.3) is 0 Å². The zero-order valence-electron chi connectivity index (χ0n) is 9.93. The zero-order chi connectivity index (χ0) is 11.8. The highest BCUT2D eigenvalue weighted by Crippen LogP contribution is 2.33. The maximum absolute atomic E-state index is 5.76.